The molecule has 1 saturated heterocycles. The molecule has 1 aliphatic heterocycles. The van der Waals surface area contributed by atoms with E-state index >= 15 is 0 Å². The van der Waals surface area contributed by atoms with Crippen molar-refractivity contribution in [2.24, 2.45) is 0 Å². The van der Waals surface area contributed by atoms with Crippen molar-refractivity contribution < 1.29 is 17.9 Å². The van der Waals surface area contributed by atoms with E-state index in [0.717, 1.165) is 12.8 Å². The van der Waals surface area contributed by atoms with Gasteiger partial charge in [-0.15, -0.1) is 0 Å². The van der Waals surface area contributed by atoms with Crippen LogP contribution in [-0.4, -0.2) is 50.6 Å². The normalized spacial score (nSPS) is 15.8. The predicted molar refractivity (Wildman–Crippen MR) is 114 cm³/mol. The number of rotatable bonds is 8. The van der Waals surface area contributed by atoms with Gasteiger partial charge in [-0.25, -0.2) is 12.7 Å². The van der Waals surface area contributed by atoms with Gasteiger partial charge in [0.1, 0.15) is 11.9 Å². The molecule has 6 nitrogen and oxygen atoms in total. The van der Waals surface area contributed by atoms with E-state index in [9.17, 15) is 13.2 Å². The highest BCUT2D eigenvalue weighted by Crippen LogP contribution is 2.21. The van der Waals surface area contributed by atoms with Crippen LogP contribution in [0.4, 0.5) is 0 Å². The van der Waals surface area contributed by atoms with Crippen molar-refractivity contribution in [1.29, 1.82) is 0 Å². The second-order valence-corrected chi connectivity index (χ2v) is 9.33. The summed E-state index contributed by atoms with van der Waals surface area (Å²) in [6.45, 7) is 1.54. The van der Waals surface area contributed by atoms with Crippen molar-refractivity contribution in [3.63, 3.8) is 0 Å². The fourth-order valence-corrected chi connectivity index (χ4v) is 4.30. The van der Waals surface area contributed by atoms with Crippen molar-refractivity contribution in [2.45, 2.75) is 31.8 Å². The average Bonchev–Trinajstić information content (AvgIpc) is 2.72. The summed E-state index contributed by atoms with van der Waals surface area (Å²) in [6, 6.07) is 17.4. The highest BCUT2D eigenvalue weighted by atomic mass is 32.2. The number of hydrogen-bond acceptors (Lipinski definition) is 4. The van der Waals surface area contributed by atoms with Gasteiger partial charge in [-0.2, -0.15) is 0 Å². The molecule has 0 spiro atoms. The topological polar surface area (TPSA) is 75.7 Å². The van der Waals surface area contributed by atoms with Crippen molar-refractivity contribution >= 4 is 15.9 Å². The molecule has 0 aliphatic carbocycles. The molecular weight excluding hydrogens is 388 g/mol. The Balaban J connectivity index is 1.46. The minimum atomic E-state index is -3.14. The van der Waals surface area contributed by atoms with Gasteiger partial charge in [-0.1, -0.05) is 36.4 Å². The maximum Gasteiger partial charge on any atom is 0.251 e. The number of sulfonamides is 1. The molecule has 1 heterocycles. The van der Waals surface area contributed by atoms with E-state index in [1.165, 1.54) is 16.1 Å². The van der Waals surface area contributed by atoms with Crippen molar-refractivity contribution in [3.05, 3.63) is 65.7 Å². The number of ether oxygens (including phenoxy) is 1. The van der Waals surface area contributed by atoms with Crippen molar-refractivity contribution in [1.82, 2.24) is 9.62 Å². The summed E-state index contributed by atoms with van der Waals surface area (Å²) in [4.78, 5) is 12.4. The molecule has 1 aliphatic rings. The lowest BCUT2D eigenvalue weighted by Gasteiger charge is -2.30. The Kier molecular flexibility index (Phi) is 7.28. The number of aryl methyl sites for hydroxylation is 1. The predicted octanol–water partition coefficient (Wildman–Crippen LogP) is 2.85. The number of piperidine rings is 1. The summed E-state index contributed by atoms with van der Waals surface area (Å²) >= 11 is 0. The summed E-state index contributed by atoms with van der Waals surface area (Å²) in [5.74, 6) is 0.523. The van der Waals surface area contributed by atoms with Gasteiger partial charge in [0.15, 0.2) is 0 Å². The van der Waals surface area contributed by atoms with Crippen LogP contribution in [0.2, 0.25) is 0 Å². The van der Waals surface area contributed by atoms with Crippen molar-refractivity contribution in [2.75, 3.05) is 25.9 Å². The minimum absolute atomic E-state index is 0.0443. The Hall–Kier alpha value is -2.38. The first-order valence-corrected chi connectivity index (χ1v) is 11.8. The van der Waals surface area contributed by atoms with Crippen LogP contribution in [0, 0.1) is 0 Å². The standard InChI is InChI=1S/C22H28N2O4S/c1-29(26,27)24-15-12-20(13-16-24)28-21-11-5-10-19(17-21)22(25)23-14-6-9-18-7-3-2-4-8-18/h2-5,7-8,10-11,17,20H,6,9,12-16H2,1H3,(H,23,25). The smallest absolute Gasteiger partial charge is 0.251 e. The summed E-state index contributed by atoms with van der Waals surface area (Å²) in [5, 5.41) is 2.95. The Morgan fingerprint density at radius 2 is 1.83 bits per heavy atom. The van der Waals surface area contributed by atoms with Gasteiger partial charge in [0, 0.05) is 25.2 Å². The molecule has 2 aromatic rings. The summed E-state index contributed by atoms with van der Waals surface area (Å²) in [6.07, 6.45) is 4.28. The van der Waals surface area contributed by atoms with Crippen LogP contribution in [-0.2, 0) is 16.4 Å². The van der Waals surface area contributed by atoms with Crippen LogP contribution in [0.1, 0.15) is 35.2 Å². The van der Waals surface area contributed by atoms with Crippen LogP contribution < -0.4 is 10.1 Å². The molecule has 7 heteroatoms. The third-order valence-corrected chi connectivity index (χ3v) is 6.34. The van der Waals surface area contributed by atoms with Gasteiger partial charge >= 0.3 is 0 Å². The molecule has 0 saturated carbocycles. The molecule has 1 N–H and O–H groups in total. The molecule has 1 amide bonds. The van der Waals surface area contributed by atoms with Crippen LogP contribution in [0.25, 0.3) is 0 Å². The Labute approximate surface area is 172 Å². The fraction of sp³-hybridized carbons (Fsp3) is 0.409. The average molecular weight is 417 g/mol. The van der Waals surface area contributed by atoms with E-state index in [1.807, 2.05) is 24.3 Å². The van der Waals surface area contributed by atoms with Crippen LogP contribution in [0.3, 0.4) is 0 Å². The maximum absolute atomic E-state index is 12.4. The highest BCUT2D eigenvalue weighted by Gasteiger charge is 2.26. The van der Waals surface area contributed by atoms with E-state index in [4.69, 9.17) is 4.74 Å². The van der Waals surface area contributed by atoms with Crippen LogP contribution in [0.5, 0.6) is 5.75 Å². The van der Waals surface area contributed by atoms with Crippen LogP contribution >= 0.6 is 0 Å². The second kappa shape index (κ2) is 9.89. The first-order valence-electron chi connectivity index (χ1n) is 9.96. The van der Waals surface area contributed by atoms with Gasteiger partial charge in [-0.3, -0.25) is 4.79 Å². The molecule has 0 radical (unpaired) electrons. The number of hydrogen-bond donors (Lipinski definition) is 1. The van der Waals surface area contributed by atoms with E-state index in [1.54, 1.807) is 18.2 Å². The van der Waals surface area contributed by atoms with E-state index in [0.29, 0.717) is 43.8 Å². The SMILES string of the molecule is CS(=O)(=O)N1CCC(Oc2cccc(C(=O)NCCCc3ccccc3)c2)CC1. The lowest BCUT2D eigenvalue weighted by Crippen LogP contribution is -2.41. The largest absolute Gasteiger partial charge is 0.490 e. The highest BCUT2D eigenvalue weighted by molar-refractivity contribution is 7.88. The van der Waals surface area contributed by atoms with Gasteiger partial charge in [0.25, 0.3) is 5.91 Å². The summed E-state index contributed by atoms with van der Waals surface area (Å²) < 4.78 is 30.7. The number of nitrogens with zero attached hydrogens (tertiary/aromatic N) is 1. The summed E-state index contributed by atoms with van der Waals surface area (Å²) in [7, 11) is -3.14. The number of benzene rings is 2. The summed E-state index contributed by atoms with van der Waals surface area (Å²) in [5.41, 5.74) is 1.83. The van der Waals surface area contributed by atoms with Gasteiger partial charge in [-0.05, 0) is 49.4 Å². The molecule has 3 rings (SSSR count). The van der Waals surface area contributed by atoms with E-state index < -0.39 is 10.0 Å². The molecule has 0 unspecified atom stereocenters. The molecule has 156 valence electrons. The second-order valence-electron chi connectivity index (χ2n) is 7.35. The maximum atomic E-state index is 12.4. The van der Waals surface area contributed by atoms with Gasteiger partial charge < -0.3 is 10.1 Å². The zero-order valence-corrected chi connectivity index (χ0v) is 17.5. The molecule has 0 bridgehead atoms. The Morgan fingerprint density at radius 1 is 1.10 bits per heavy atom. The lowest BCUT2D eigenvalue weighted by molar-refractivity contribution is 0.0951. The zero-order chi connectivity index (χ0) is 20.7. The molecule has 29 heavy (non-hydrogen) atoms. The third kappa shape index (κ3) is 6.58. The zero-order valence-electron chi connectivity index (χ0n) is 16.7. The number of carbonyl (C=O) groups excluding carboxylic acids is 1. The number of nitrogens with one attached hydrogen (secondary N) is 1. The minimum Gasteiger partial charge on any atom is -0.490 e. The number of amides is 1. The van der Waals surface area contributed by atoms with Crippen LogP contribution in [0.15, 0.2) is 54.6 Å². The first-order chi connectivity index (χ1) is 13.9. The fourth-order valence-electron chi connectivity index (χ4n) is 3.43. The van der Waals surface area contributed by atoms with Crippen molar-refractivity contribution in [3.8, 4) is 5.75 Å². The first kappa shape index (κ1) is 21.3. The Bertz CT molecular complexity index is 907. The molecule has 0 atom stereocenters. The molecule has 1 fully saturated rings. The monoisotopic (exact) mass is 416 g/mol. The van der Waals surface area contributed by atoms with E-state index in [-0.39, 0.29) is 12.0 Å². The molecular formula is C22H28N2O4S. The lowest BCUT2D eigenvalue weighted by atomic mass is 10.1. The third-order valence-electron chi connectivity index (χ3n) is 5.04. The van der Waals surface area contributed by atoms with Gasteiger partial charge in [0.2, 0.25) is 10.0 Å². The Morgan fingerprint density at radius 3 is 2.52 bits per heavy atom. The quantitative estimate of drug-likeness (QED) is 0.672. The molecule has 2 aromatic carbocycles. The molecule has 0 aromatic heterocycles. The van der Waals surface area contributed by atoms with Gasteiger partial charge in [0.05, 0.1) is 6.26 Å². The number of carbonyl (C=O) groups is 1. The van der Waals surface area contributed by atoms with E-state index in [2.05, 4.69) is 17.4 Å².